The van der Waals surface area contributed by atoms with Gasteiger partial charge in [-0.05, 0) is 48.6 Å². The molecule has 0 amide bonds. The SMILES string of the molecule is CCCn1c(COc2cc(C)ccc2C(C)C)nc2ccccc21. The number of para-hydroxylation sites is 2. The lowest BCUT2D eigenvalue weighted by Gasteiger charge is -2.15. The van der Waals surface area contributed by atoms with Crippen LogP contribution in [0.3, 0.4) is 0 Å². The van der Waals surface area contributed by atoms with Crippen LogP contribution >= 0.6 is 0 Å². The van der Waals surface area contributed by atoms with Gasteiger partial charge in [0.1, 0.15) is 18.2 Å². The summed E-state index contributed by atoms with van der Waals surface area (Å²) >= 11 is 0. The summed E-state index contributed by atoms with van der Waals surface area (Å²) in [6.45, 7) is 10.1. The number of ether oxygens (including phenoxy) is 1. The summed E-state index contributed by atoms with van der Waals surface area (Å²) in [7, 11) is 0. The van der Waals surface area contributed by atoms with Crippen molar-refractivity contribution in [2.24, 2.45) is 0 Å². The maximum Gasteiger partial charge on any atom is 0.147 e. The van der Waals surface area contributed by atoms with Crippen LogP contribution in [0.4, 0.5) is 0 Å². The average Bonchev–Trinajstić information content (AvgIpc) is 2.91. The van der Waals surface area contributed by atoms with E-state index in [1.807, 2.05) is 6.07 Å². The molecule has 0 saturated heterocycles. The van der Waals surface area contributed by atoms with E-state index in [4.69, 9.17) is 9.72 Å². The van der Waals surface area contributed by atoms with E-state index in [0.717, 1.165) is 30.1 Å². The van der Waals surface area contributed by atoms with Crippen LogP contribution in [0.15, 0.2) is 42.5 Å². The first kappa shape index (κ1) is 16.6. The monoisotopic (exact) mass is 322 g/mol. The van der Waals surface area contributed by atoms with Gasteiger partial charge >= 0.3 is 0 Å². The van der Waals surface area contributed by atoms with Crippen molar-refractivity contribution in [3.8, 4) is 5.75 Å². The molecule has 0 unspecified atom stereocenters. The molecule has 3 aromatic rings. The highest BCUT2D eigenvalue weighted by molar-refractivity contribution is 5.75. The quantitative estimate of drug-likeness (QED) is 0.603. The van der Waals surface area contributed by atoms with Crippen molar-refractivity contribution in [1.29, 1.82) is 0 Å². The van der Waals surface area contributed by atoms with Gasteiger partial charge in [-0.25, -0.2) is 4.98 Å². The average molecular weight is 322 g/mol. The molecule has 1 aromatic heterocycles. The van der Waals surface area contributed by atoms with Crippen LogP contribution in [-0.4, -0.2) is 9.55 Å². The van der Waals surface area contributed by atoms with Crippen molar-refractivity contribution in [3.63, 3.8) is 0 Å². The predicted molar refractivity (Wildman–Crippen MR) is 99.6 cm³/mol. The molecular formula is C21H26N2O. The summed E-state index contributed by atoms with van der Waals surface area (Å²) < 4.78 is 8.48. The number of nitrogens with zero attached hydrogens (tertiary/aromatic N) is 2. The molecule has 0 aliphatic carbocycles. The van der Waals surface area contributed by atoms with Gasteiger partial charge in [0.2, 0.25) is 0 Å². The van der Waals surface area contributed by atoms with E-state index in [-0.39, 0.29) is 0 Å². The molecule has 2 aromatic carbocycles. The van der Waals surface area contributed by atoms with Gasteiger partial charge in [0.15, 0.2) is 0 Å². The van der Waals surface area contributed by atoms with Crippen LogP contribution in [0.1, 0.15) is 50.1 Å². The molecule has 0 saturated carbocycles. The van der Waals surface area contributed by atoms with Gasteiger partial charge < -0.3 is 9.30 Å². The molecular weight excluding hydrogens is 296 g/mol. The van der Waals surface area contributed by atoms with Crippen LogP contribution in [0.2, 0.25) is 0 Å². The summed E-state index contributed by atoms with van der Waals surface area (Å²) in [5, 5.41) is 0. The van der Waals surface area contributed by atoms with Crippen LogP contribution in [0, 0.1) is 6.92 Å². The highest BCUT2D eigenvalue weighted by atomic mass is 16.5. The molecule has 3 heteroatoms. The first-order chi connectivity index (χ1) is 11.6. The third-order valence-electron chi connectivity index (χ3n) is 4.33. The third-order valence-corrected chi connectivity index (χ3v) is 4.33. The number of aromatic nitrogens is 2. The Morgan fingerprint density at radius 1 is 1.12 bits per heavy atom. The molecule has 0 aliphatic rings. The minimum absolute atomic E-state index is 0.440. The number of imidazole rings is 1. The minimum Gasteiger partial charge on any atom is -0.485 e. The van der Waals surface area contributed by atoms with E-state index in [1.165, 1.54) is 16.6 Å². The summed E-state index contributed by atoms with van der Waals surface area (Å²) in [6, 6.07) is 14.7. The topological polar surface area (TPSA) is 27.1 Å². The van der Waals surface area contributed by atoms with Crippen LogP contribution in [-0.2, 0) is 13.2 Å². The second-order valence-corrected chi connectivity index (χ2v) is 6.65. The van der Waals surface area contributed by atoms with Gasteiger partial charge in [-0.15, -0.1) is 0 Å². The molecule has 0 radical (unpaired) electrons. The maximum absolute atomic E-state index is 6.20. The van der Waals surface area contributed by atoms with Crippen molar-refractivity contribution in [1.82, 2.24) is 9.55 Å². The molecule has 0 atom stereocenters. The molecule has 1 heterocycles. The smallest absolute Gasteiger partial charge is 0.147 e. The van der Waals surface area contributed by atoms with Gasteiger partial charge in [-0.2, -0.15) is 0 Å². The fraction of sp³-hybridized carbons (Fsp3) is 0.381. The number of benzene rings is 2. The van der Waals surface area contributed by atoms with Crippen LogP contribution in [0.25, 0.3) is 11.0 Å². The summed E-state index contributed by atoms with van der Waals surface area (Å²) in [5.74, 6) is 2.41. The summed E-state index contributed by atoms with van der Waals surface area (Å²) in [4.78, 5) is 4.78. The molecule has 3 rings (SSSR count). The number of aryl methyl sites for hydroxylation is 2. The lowest BCUT2D eigenvalue weighted by molar-refractivity contribution is 0.286. The van der Waals surface area contributed by atoms with Crippen molar-refractivity contribution in [2.75, 3.05) is 0 Å². The molecule has 0 fully saturated rings. The van der Waals surface area contributed by atoms with E-state index < -0.39 is 0 Å². The Morgan fingerprint density at radius 3 is 2.67 bits per heavy atom. The molecule has 0 spiro atoms. The summed E-state index contributed by atoms with van der Waals surface area (Å²) in [6.07, 6.45) is 1.08. The molecule has 0 bridgehead atoms. The Morgan fingerprint density at radius 2 is 1.92 bits per heavy atom. The van der Waals surface area contributed by atoms with Crippen molar-refractivity contribution >= 4 is 11.0 Å². The van der Waals surface area contributed by atoms with Gasteiger partial charge in [-0.3, -0.25) is 0 Å². The number of rotatable bonds is 6. The van der Waals surface area contributed by atoms with Gasteiger partial charge in [-0.1, -0.05) is 45.0 Å². The molecule has 0 aliphatic heterocycles. The Bertz CT molecular complexity index is 833. The molecule has 0 N–H and O–H groups in total. The first-order valence-corrected chi connectivity index (χ1v) is 8.77. The number of hydrogen-bond donors (Lipinski definition) is 0. The lowest BCUT2D eigenvalue weighted by atomic mass is 10.0. The molecule has 126 valence electrons. The Labute approximate surface area is 144 Å². The second-order valence-electron chi connectivity index (χ2n) is 6.65. The predicted octanol–water partition coefficient (Wildman–Crippen LogP) is 5.46. The highest BCUT2D eigenvalue weighted by Gasteiger charge is 2.13. The van der Waals surface area contributed by atoms with E-state index in [9.17, 15) is 0 Å². The van der Waals surface area contributed by atoms with Crippen LogP contribution in [0.5, 0.6) is 5.75 Å². The standard InChI is InChI=1S/C21H26N2O/c1-5-12-23-19-9-7-6-8-18(19)22-21(23)14-24-20-13-16(4)10-11-17(20)15(2)3/h6-11,13,15H,5,12,14H2,1-4H3. The second kappa shape index (κ2) is 7.08. The zero-order valence-electron chi connectivity index (χ0n) is 15.0. The normalized spacial score (nSPS) is 11.4. The van der Waals surface area contributed by atoms with Crippen molar-refractivity contribution in [2.45, 2.75) is 53.2 Å². The van der Waals surface area contributed by atoms with Gasteiger partial charge in [0.25, 0.3) is 0 Å². The minimum atomic E-state index is 0.440. The Kier molecular flexibility index (Phi) is 4.89. The third kappa shape index (κ3) is 3.30. The first-order valence-electron chi connectivity index (χ1n) is 8.77. The van der Waals surface area contributed by atoms with Crippen molar-refractivity contribution < 1.29 is 4.74 Å². The molecule has 3 nitrogen and oxygen atoms in total. The van der Waals surface area contributed by atoms with Crippen molar-refractivity contribution in [3.05, 3.63) is 59.4 Å². The van der Waals surface area contributed by atoms with Gasteiger partial charge in [0, 0.05) is 6.54 Å². The molecule has 24 heavy (non-hydrogen) atoms. The Hall–Kier alpha value is -2.29. The zero-order chi connectivity index (χ0) is 17.1. The lowest BCUT2D eigenvalue weighted by Crippen LogP contribution is -2.08. The van der Waals surface area contributed by atoms with Crippen LogP contribution < -0.4 is 4.74 Å². The van der Waals surface area contributed by atoms with E-state index in [0.29, 0.717) is 12.5 Å². The number of hydrogen-bond acceptors (Lipinski definition) is 2. The van der Waals surface area contributed by atoms with Gasteiger partial charge in [0.05, 0.1) is 11.0 Å². The zero-order valence-corrected chi connectivity index (χ0v) is 15.0. The fourth-order valence-electron chi connectivity index (χ4n) is 3.09. The van der Waals surface area contributed by atoms with E-state index in [2.05, 4.69) is 68.7 Å². The fourth-order valence-corrected chi connectivity index (χ4v) is 3.09. The highest BCUT2D eigenvalue weighted by Crippen LogP contribution is 2.28. The number of fused-ring (bicyclic) bond motifs is 1. The Balaban J connectivity index is 1.91. The summed E-state index contributed by atoms with van der Waals surface area (Å²) in [5.41, 5.74) is 4.69. The van der Waals surface area contributed by atoms with E-state index >= 15 is 0 Å². The van der Waals surface area contributed by atoms with E-state index in [1.54, 1.807) is 0 Å². The largest absolute Gasteiger partial charge is 0.485 e. The maximum atomic E-state index is 6.20.